The molecule has 0 bridgehead atoms. The molecule has 8 N–H and O–H groups in total. The number of nitrogens with one attached hydrogen (secondary N) is 5. The molecule has 3 atom stereocenters. The summed E-state index contributed by atoms with van der Waals surface area (Å²) in [5, 5.41) is 34.2. The lowest BCUT2D eigenvalue weighted by atomic mass is 10.0. The van der Waals surface area contributed by atoms with Crippen LogP contribution in [0.2, 0.25) is 0 Å². The van der Waals surface area contributed by atoms with Crippen LogP contribution in [0.1, 0.15) is 64.0 Å². The minimum absolute atomic E-state index is 0.0645. The summed E-state index contributed by atoms with van der Waals surface area (Å²) < 4.78 is 15.7. The van der Waals surface area contributed by atoms with Crippen LogP contribution in [0.5, 0.6) is 5.75 Å². The van der Waals surface area contributed by atoms with Gasteiger partial charge in [-0.3, -0.25) is 29.3 Å². The molecule has 4 rings (SSSR count). The number of carbonyl (C=O) groups is 6. The van der Waals surface area contributed by atoms with E-state index < -0.39 is 53.5 Å². The van der Waals surface area contributed by atoms with Gasteiger partial charge in [0.1, 0.15) is 29.5 Å². The molecule has 0 aliphatic rings. The van der Waals surface area contributed by atoms with Crippen molar-refractivity contribution in [1.29, 1.82) is 0 Å². The first-order chi connectivity index (χ1) is 33.6. The van der Waals surface area contributed by atoms with Crippen molar-refractivity contribution in [3.8, 4) is 5.75 Å². The summed E-state index contributed by atoms with van der Waals surface area (Å²) >= 11 is 0. The maximum Gasteiger partial charge on any atom is 0.514 e. The minimum atomic E-state index is -1.07. The van der Waals surface area contributed by atoms with Crippen molar-refractivity contribution in [2.24, 2.45) is 11.7 Å². The van der Waals surface area contributed by atoms with Gasteiger partial charge in [-0.25, -0.2) is 14.6 Å². The first-order valence-electron chi connectivity index (χ1n) is 22.5. The van der Waals surface area contributed by atoms with E-state index in [1.807, 2.05) is 25.1 Å². The number of nitrogens with zero attached hydrogens (tertiary/aromatic N) is 2. The number of pyridine rings is 1. The zero-order valence-corrected chi connectivity index (χ0v) is 41.0. The number of hydrogen-bond acceptors (Lipinski definition) is 15. The van der Waals surface area contributed by atoms with Crippen LogP contribution in [-0.2, 0) is 41.7 Å². The maximum atomic E-state index is 13.4. The predicted octanol–water partition coefficient (Wildman–Crippen LogP) is 6.07. The Kier molecular flexibility index (Phi) is 27.1. The molecule has 4 aromatic rings. The predicted molar refractivity (Wildman–Crippen MR) is 267 cm³/mol. The van der Waals surface area contributed by atoms with E-state index in [4.69, 9.17) is 25.1 Å². The molecule has 3 unspecified atom stereocenters. The van der Waals surface area contributed by atoms with E-state index in [1.54, 1.807) is 82.4 Å². The highest BCUT2D eigenvalue weighted by atomic mass is 33.1. The largest absolute Gasteiger partial charge is 0.514 e. The summed E-state index contributed by atoms with van der Waals surface area (Å²) in [6.45, 7) is 7.26. The van der Waals surface area contributed by atoms with E-state index in [-0.39, 0.29) is 62.3 Å². The number of aliphatic hydroxyl groups excluding tert-OH is 1. The third-order valence-electron chi connectivity index (χ3n) is 9.58. The zero-order chi connectivity index (χ0) is 51.1. The number of nitro groups is 1. The fourth-order valence-electron chi connectivity index (χ4n) is 5.85. The highest BCUT2D eigenvalue weighted by molar-refractivity contribution is 8.76. The molecular formula is C48H62N8O12S2. The van der Waals surface area contributed by atoms with Gasteiger partial charge in [0.25, 0.3) is 5.69 Å². The van der Waals surface area contributed by atoms with Gasteiger partial charge in [-0.2, -0.15) is 0 Å². The molecule has 20 nitrogen and oxygen atoms in total. The van der Waals surface area contributed by atoms with Gasteiger partial charge in [0.05, 0.1) is 17.6 Å². The fourth-order valence-corrected chi connectivity index (χ4v) is 7.71. The Hall–Kier alpha value is -6.75. The van der Waals surface area contributed by atoms with Crippen molar-refractivity contribution < 1.29 is 53.0 Å². The van der Waals surface area contributed by atoms with E-state index in [1.165, 1.54) is 24.3 Å². The standard InChI is InChI=1S/C32H36N6O10.C16H26N2O2S2/c33-31(43)34-17-4-7-26(37-30(42)27(36-28(40)16-18-39)19-21-5-2-1-3-6-21)29(41)35-23-10-8-22(9-11-23)20-47-32(44)48-25-14-12-24(13-15-25)38(45)46;1-13(2)7-10-20-14(3)12-18-15(19)8-11-21-22-16-6-4-5-9-17-16/h1-3,5-6,8-15,26-27,39H,4,7,16-20H2,(H,35,41)(H,36,40)(H,37,42)(H3,33,34,43);4-6,9,13-14H,7-8,10-12H2,1-3H3,(H,18,19). The number of nitrogens with two attached hydrogens (primary N) is 1. The molecule has 0 aliphatic carbocycles. The van der Waals surface area contributed by atoms with Gasteiger partial charge in [-0.1, -0.05) is 73.2 Å². The summed E-state index contributed by atoms with van der Waals surface area (Å²) in [5.41, 5.74) is 6.64. The Morgan fingerprint density at radius 2 is 1.51 bits per heavy atom. The lowest BCUT2D eigenvalue weighted by Gasteiger charge is -2.23. The quantitative estimate of drug-likeness (QED) is 0.00848. The molecule has 6 amide bonds. The molecule has 0 radical (unpaired) electrons. The summed E-state index contributed by atoms with van der Waals surface area (Å²) in [4.78, 5) is 88.2. The summed E-state index contributed by atoms with van der Waals surface area (Å²) in [6, 6.07) is 23.1. The number of anilines is 1. The van der Waals surface area contributed by atoms with Crippen molar-refractivity contribution >= 4 is 68.8 Å². The van der Waals surface area contributed by atoms with E-state index in [0.717, 1.165) is 29.4 Å². The average molecular weight is 1010 g/mol. The van der Waals surface area contributed by atoms with E-state index in [0.29, 0.717) is 30.1 Å². The maximum absolute atomic E-state index is 13.4. The minimum Gasteiger partial charge on any atom is -0.429 e. The number of non-ortho nitro benzene ring substituents is 1. The van der Waals surface area contributed by atoms with Gasteiger partial charge in [0, 0.05) is 68.7 Å². The number of aromatic nitrogens is 1. The molecule has 0 saturated carbocycles. The van der Waals surface area contributed by atoms with E-state index >= 15 is 0 Å². The van der Waals surface area contributed by atoms with Crippen LogP contribution in [-0.4, -0.2) is 101 Å². The van der Waals surface area contributed by atoms with Crippen molar-refractivity contribution in [2.45, 2.75) is 89.1 Å². The highest BCUT2D eigenvalue weighted by Crippen LogP contribution is 2.29. The Balaban J connectivity index is 0.000000492. The fraction of sp³-hybridized carbons (Fsp3) is 0.396. The molecule has 1 aromatic heterocycles. The monoisotopic (exact) mass is 1010 g/mol. The Bertz CT molecular complexity index is 2230. The van der Waals surface area contributed by atoms with Crippen molar-refractivity contribution in [3.05, 3.63) is 124 Å². The number of aliphatic hydroxyl groups is 1. The Labute approximate surface area is 414 Å². The SMILES string of the molecule is CC(C)CCOC(C)CNC(=O)CCSSc1ccccn1.NC(=O)NCCCC(NC(=O)C(Cc1ccccc1)NC(=O)CCO)C(=O)Nc1ccc(COC(=O)Oc2ccc([N+](=O)[O-])cc2)cc1. The van der Waals surface area contributed by atoms with Crippen LogP contribution in [0.25, 0.3) is 0 Å². The van der Waals surface area contributed by atoms with Crippen LogP contribution >= 0.6 is 21.6 Å². The first-order valence-corrected chi connectivity index (χ1v) is 24.8. The van der Waals surface area contributed by atoms with E-state index in [2.05, 4.69) is 45.4 Å². The Morgan fingerprint density at radius 1 is 0.800 bits per heavy atom. The smallest absolute Gasteiger partial charge is 0.429 e. The lowest BCUT2D eigenvalue weighted by Crippen LogP contribution is -2.53. The zero-order valence-electron chi connectivity index (χ0n) is 39.3. The first kappa shape index (κ1) is 57.6. The molecule has 3 aromatic carbocycles. The third-order valence-corrected chi connectivity index (χ3v) is 11.8. The molecular weight excluding hydrogens is 945 g/mol. The number of carbonyl (C=O) groups excluding carboxylic acids is 6. The number of nitro benzene ring substituents is 1. The molecule has 378 valence electrons. The normalized spacial score (nSPS) is 11.9. The second kappa shape index (κ2) is 32.9. The van der Waals surface area contributed by atoms with Gasteiger partial charge in [0.15, 0.2) is 0 Å². The van der Waals surface area contributed by atoms with Crippen molar-refractivity contribution in [2.75, 3.05) is 37.4 Å². The number of rotatable bonds is 28. The number of urea groups is 1. The van der Waals surface area contributed by atoms with Gasteiger partial charge in [-0.15, -0.1) is 0 Å². The number of benzene rings is 3. The average Bonchev–Trinajstić information content (AvgIpc) is 3.33. The number of ether oxygens (including phenoxy) is 3. The van der Waals surface area contributed by atoms with Gasteiger partial charge >= 0.3 is 12.2 Å². The molecule has 70 heavy (non-hydrogen) atoms. The second-order valence-electron chi connectivity index (χ2n) is 15.8. The molecule has 1 heterocycles. The van der Waals surface area contributed by atoms with Crippen LogP contribution in [0.15, 0.2) is 108 Å². The summed E-state index contributed by atoms with van der Waals surface area (Å²) in [5.74, 6) is -0.169. The van der Waals surface area contributed by atoms with Gasteiger partial charge in [-0.05, 0) is 90.4 Å². The molecule has 22 heteroatoms. The summed E-state index contributed by atoms with van der Waals surface area (Å²) in [7, 11) is 3.25. The third kappa shape index (κ3) is 25.0. The van der Waals surface area contributed by atoms with Crippen molar-refractivity contribution in [1.82, 2.24) is 26.3 Å². The van der Waals surface area contributed by atoms with Crippen LogP contribution < -0.4 is 37.1 Å². The highest BCUT2D eigenvalue weighted by Gasteiger charge is 2.27. The lowest BCUT2D eigenvalue weighted by molar-refractivity contribution is -0.384. The second-order valence-corrected chi connectivity index (χ2v) is 18.3. The van der Waals surface area contributed by atoms with Gasteiger partial charge < -0.3 is 51.6 Å². The topological polar surface area (TPSA) is 293 Å². The molecule has 0 spiro atoms. The summed E-state index contributed by atoms with van der Waals surface area (Å²) in [6.07, 6.45) is 2.72. The molecule has 0 saturated heterocycles. The molecule has 0 aliphatic heterocycles. The Morgan fingerprint density at radius 3 is 2.16 bits per heavy atom. The number of amides is 6. The van der Waals surface area contributed by atoms with Crippen molar-refractivity contribution in [3.63, 3.8) is 0 Å². The molecule has 0 fully saturated rings. The number of primary amides is 1. The van der Waals surface area contributed by atoms with Crippen LogP contribution in [0, 0.1) is 16.0 Å². The van der Waals surface area contributed by atoms with Crippen LogP contribution in [0.4, 0.5) is 21.0 Å². The van der Waals surface area contributed by atoms with E-state index in [9.17, 15) is 38.9 Å². The number of hydrogen-bond donors (Lipinski definition) is 7. The van der Waals surface area contributed by atoms with Crippen LogP contribution in [0.3, 0.4) is 0 Å². The van der Waals surface area contributed by atoms with Gasteiger partial charge in [0.2, 0.25) is 23.6 Å².